The molecule has 20 heavy (non-hydrogen) atoms. The molecular weight excluding hydrogens is 272 g/mol. The van der Waals surface area contributed by atoms with Crippen LogP contribution in [0.4, 0.5) is 0 Å². The van der Waals surface area contributed by atoms with Gasteiger partial charge >= 0.3 is 0 Å². The van der Waals surface area contributed by atoms with Crippen molar-refractivity contribution in [3.05, 3.63) is 39.8 Å². The Morgan fingerprint density at radius 1 is 1.30 bits per heavy atom. The highest BCUT2D eigenvalue weighted by Crippen LogP contribution is 2.22. The first-order chi connectivity index (χ1) is 9.72. The number of benzene rings is 1. The summed E-state index contributed by atoms with van der Waals surface area (Å²) in [5, 5.41) is 4.32. The molecule has 0 unspecified atom stereocenters. The maximum absolute atomic E-state index is 5.75. The summed E-state index contributed by atoms with van der Waals surface area (Å²) in [6, 6.07) is 7.61. The Morgan fingerprint density at radius 2 is 2.10 bits per heavy atom. The minimum absolute atomic E-state index is 0.491. The van der Waals surface area contributed by atoms with Gasteiger partial charge in [-0.2, -0.15) is 0 Å². The Hall–Kier alpha value is -1.59. The Morgan fingerprint density at radius 3 is 2.85 bits per heavy atom. The summed E-state index contributed by atoms with van der Waals surface area (Å²) < 4.78 is 10.9. The fourth-order valence-electron chi connectivity index (χ4n) is 1.79. The monoisotopic (exact) mass is 292 g/mol. The lowest BCUT2D eigenvalue weighted by atomic mass is 10.3. The van der Waals surface area contributed by atoms with Crippen LogP contribution >= 0.6 is 11.3 Å². The van der Waals surface area contributed by atoms with Crippen LogP contribution in [0.25, 0.3) is 0 Å². The van der Waals surface area contributed by atoms with Crippen LogP contribution in [-0.4, -0.2) is 18.6 Å². The van der Waals surface area contributed by atoms with E-state index < -0.39 is 0 Å². The van der Waals surface area contributed by atoms with Crippen LogP contribution in [0.5, 0.6) is 11.5 Å². The average Bonchev–Trinajstić information content (AvgIpc) is 2.83. The van der Waals surface area contributed by atoms with E-state index in [4.69, 9.17) is 9.47 Å². The lowest BCUT2D eigenvalue weighted by Crippen LogP contribution is -2.11. The Balaban J connectivity index is 1.96. The molecule has 0 atom stereocenters. The molecule has 0 amide bonds. The molecule has 0 aliphatic carbocycles. The fourth-order valence-corrected chi connectivity index (χ4v) is 2.74. The summed E-state index contributed by atoms with van der Waals surface area (Å²) in [5.41, 5.74) is 1.08. The van der Waals surface area contributed by atoms with E-state index in [2.05, 4.69) is 17.2 Å². The van der Waals surface area contributed by atoms with Crippen LogP contribution in [0.3, 0.4) is 0 Å². The minimum atomic E-state index is 0.491. The molecule has 1 N–H and O–H groups in total. The smallest absolute Gasteiger partial charge is 0.140 e. The predicted octanol–water partition coefficient (Wildman–Crippen LogP) is 3.15. The van der Waals surface area contributed by atoms with Gasteiger partial charge < -0.3 is 14.8 Å². The summed E-state index contributed by atoms with van der Waals surface area (Å²) in [5.74, 6) is 1.59. The van der Waals surface area contributed by atoms with E-state index >= 15 is 0 Å². The van der Waals surface area contributed by atoms with Crippen molar-refractivity contribution in [3.8, 4) is 11.5 Å². The molecule has 1 heterocycles. The van der Waals surface area contributed by atoms with Gasteiger partial charge in [-0.05, 0) is 25.6 Å². The normalized spacial score (nSPS) is 10.6. The van der Waals surface area contributed by atoms with Gasteiger partial charge in [0.15, 0.2) is 0 Å². The topological polar surface area (TPSA) is 43.4 Å². The van der Waals surface area contributed by atoms with E-state index in [0.717, 1.165) is 35.3 Å². The van der Waals surface area contributed by atoms with Gasteiger partial charge in [0.25, 0.3) is 0 Å². The van der Waals surface area contributed by atoms with E-state index in [1.807, 2.05) is 31.2 Å². The molecule has 0 fully saturated rings. The van der Waals surface area contributed by atoms with Crippen molar-refractivity contribution < 1.29 is 9.47 Å². The lowest BCUT2D eigenvalue weighted by molar-refractivity contribution is 0.303. The zero-order valence-electron chi connectivity index (χ0n) is 12.1. The molecule has 2 aromatic rings. The number of thiazole rings is 1. The molecular formula is C15H20N2O2S. The predicted molar refractivity (Wildman–Crippen MR) is 81.6 cm³/mol. The molecule has 1 aromatic carbocycles. The second kappa shape index (κ2) is 7.26. The second-order valence-electron chi connectivity index (χ2n) is 4.36. The van der Waals surface area contributed by atoms with Crippen molar-refractivity contribution in [3.63, 3.8) is 0 Å². The third-order valence-electron chi connectivity index (χ3n) is 2.88. The van der Waals surface area contributed by atoms with Gasteiger partial charge in [0.1, 0.15) is 23.1 Å². The number of rotatable bonds is 7. The molecule has 0 saturated heterocycles. The lowest BCUT2D eigenvalue weighted by Gasteiger charge is -2.05. The number of hydrogen-bond donors (Lipinski definition) is 1. The number of hydrogen-bond acceptors (Lipinski definition) is 5. The van der Waals surface area contributed by atoms with Gasteiger partial charge in [-0.1, -0.05) is 13.0 Å². The summed E-state index contributed by atoms with van der Waals surface area (Å²) in [6.07, 6.45) is 0. The van der Waals surface area contributed by atoms with Crippen molar-refractivity contribution in [2.24, 2.45) is 0 Å². The molecule has 5 heteroatoms. The van der Waals surface area contributed by atoms with Gasteiger partial charge in [-0.3, -0.25) is 0 Å². The molecule has 0 aliphatic rings. The first-order valence-electron chi connectivity index (χ1n) is 6.65. The molecule has 0 spiro atoms. The van der Waals surface area contributed by atoms with Gasteiger partial charge in [0.2, 0.25) is 0 Å². The molecule has 0 aliphatic heterocycles. The van der Waals surface area contributed by atoms with E-state index in [-0.39, 0.29) is 0 Å². The maximum atomic E-state index is 5.75. The van der Waals surface area contributed by atoms with Crippen LogP contribution in [-0.2, 0) is 13.2 Å². The number of ether oxygens (including phenoxy) is 2. The van der Waals surface area contributed by atoms with Crippen molar-refractivity contribution in [2.75, 3.05) is 13.7 Å². The standard InChI is InChI=1S/C15H20N2O2S/c1-4-16-9-14-11(2)17-15(20-14)10-19-13-7-5-6-12(8-13)18-3/h5-8,16H,4,9-10H2,1-3H3. The van der Waals surface area contributed by atoms with E-state index in [1.165, 1.54) is 4.88 Å². The number of methoxy groups -OCH3 is 1. The summed E-state index contributed by atoms with van der Waals surface area (Å²) in [7, 11) is 1.65. The van der Waals surface area contributed by atoms with Crippen LogP contribution in [0.15, 0.2) is 24.3 Å². The van der Waals surface area contributed by atoms with E-state index in [0.29, 0.717) is 6.61 Å². The summed E-state index contributed by atoms with van der Waals surface area (Å²) in [6.45, 7) is 6.47. The molecule has 0 radical (unpaired) electrons. The van der Waals surface area contributed by atoms with Gasteiger partial charge in [-0.15, -0.1) is 11.3 Å². The third kappa shape index (κ3) is 3.95. The SMILES string of the molecule is CCNCc1sc(COc2cccc(OC)c2)nc1C. The highest BCUT2D eigenvalue weighted by molar-refractivity contribution is 7.11. The maximum Gasteiger partial charge on any atom is 0.140 e. The molecule has 0 saturated carbocycles. The Labute approximate surface area is 123 Å². The van der Waals surface area contributed by atoms with Crippen LogP contribution < -0.4 is 14.8 Å². The zero-order valence-corrected chi connectivity index (χ0v) is 12.9. The van der Waals surface area contributed by atoms with Crippen LogP contribution in [0.2, 0.25) is 0 Å². The van der Waals surface area contributed by atoms with Crippen molar-refractivity contribution in [2.45, 2.75) is 27.0 Å². The van der Waals surface area contributed by atoms with Crippen molar-refractivity contribution >= 4 is 11.3 Å². The first kappa shape index (κ1) is 14.8. The summed E-state index contributed by atoms with van der Waals surface area (Å²) in [4.78, 5) is 5.82. The van der Waals surface area contributed by atoms with Crippen LogP contribution in [0, 0.1) is 6.92 Å². The Bertz CT molecular complexity index is 555. The second-order valence-corrected chi connectivity index (χ2v) is 5.53. The van der Waals surface area contributed by atoms with Crippen molar-refractivity contribution in [1.29, 1.82) is 0 Å². The Kier molecular flexibility index (Phi) is 5.38. The van der Waals surface area contributed by atoms with Gasteiger partial charge in [0.05, 0.1) is 12.8 Å². The molecule has 1 aromatic heterocycles. The quantitative estimate of drug-likeness (QED) is 0.851. The van der Waals surface area contributed by atoms with E-state index in [9.17, 15) is 0 Å². The first-order valence-corrected chi connectivity index (χ1v) is 7.47. The number of nitrogens with zero attached hydrogens (tertiary/aromatic N) is 1. The summed E-state index contributed by atoms with van der Waals surface area (Å²) >= 11 is 1.70. The fraction of sp³-hybridized carbons (Fsp3) is 0.400. The average molecular weight is 292 g/mol. The largest absolute Gasteiger partial charge is 0.497 e. The molecule has 2 rings (SSSR count). The molecule has 0 bridgehead atoms. The highest BCUT2D eigenvalue weighted by Gasteiger charge is 2.08. The highest BCUT2D eigenvalue weighted by atomic mass is 32.1. The zero-order chi connectivity index (χ0) is 14.4. The third-order valence-corrected chi connectivity index (χ3v) is 4.01. The number of aromatic nitrogens is 1. The minimum Gasteiger partial charge on any atom is -0.497 e. The van der Waals surface area contributed by atoms with Crippen molar-refractivity contribution in [1.82, 2.24) is 10.3 Å². The molecule has 108 valence electrons. The van der Waals surface area contributed by atoms with Gasteiger partial charge in [0, 0.05) is 17.5 Å². The number of nitrogens with one attached hydrogen (secondary N) is 1. The van der Waals surface area contributed by atoms with Crippen LogP contribution in [0.1, 0.15) is 22.5 Å². The number of aryl methyl sites for hydroxylation is 1. The molecule has 4 nitrogen and oxygen atoms in total. The van der Waals surface area contributed by atoms with E-state index in [1.54, 1.807) is 18.4 Å². The van der Waals surface area contributed by atoms with Gasteiger partial charge in [-0.25, -0.2) is 4.98 Å².